The number of rotatable bonds is 4. The lowest BCUT2D eigenvalue weighted by Gasteiger charge is -2.25. The second-order valence-electron chi connectivity index (χ2n) is 5.54. The van der Waals surface area contributed by atoms with Crippen LogP contribution in [-0.4, -0.2) is 15.7 Å². The van der Waals surface area contributed by atoms with Gasteiger partial charge in [-0.05, 0) is 43.9 Å². The molecule has 21 heavy (non-hydrogen) atoms. The van der Waals surface area contributed by atoms with Crippen LogP contribution < -0.4 is 5.32 Å². The van der Waals surface area contributed by atoms with Gasteiger partial charge in [-0.15, -0.1) is 0 Å². The van der Waals surface area contributed by atoms with E-state index in [2.05, 4.69) is 10.4 Å². The van der Waals surface area contributed by atoms with Crippen LogP contribution in [0.2, 0.25) is 5.02 Å². The second kappa shape index (κ2) is 5.90. The van der Waals surface area contributed by atoms with Crippen LogP contribution in [-0.2, 0) is 0 Å². The van der Waals surface area contributed by atoms with E-state index in [1.54, 1.807) is 6.20 Å². The van der Waals surface area contributed by atoms with Gasteiger partial charge in [-0.25, -0.2) is 0 Å². The summed E-state index contributed by atoms with van der Waals surface area (Å²) in [6.07, 6.45) is 7.03. The largest absolute Gasteiger partial charge is 0.345 e. The van der Waals surface area contributed by atoms with E-state index in [9.17, 15) is 4.79 Å². The minimum Gasteiger partial charge on any atom is -0.345 e. The third kappa shape index (κ3) is 3.10. The number of nitrogens with zero attached hydrogens (tertiary/aromatic N) is 2. The van der Waals surface area contributed by atoms with Crippen molar-refractivity contribution in [3.8, 4) is 0 Å². The van der Waals surface area contributed by atoms with Gasteiger partial charge in [0.2, 0.25) is 0 Å². The Balaban J connectivity index is 1.66. The fourth-order valence-corrected chi connectivity index (χ4v) is 2.64. The average Bonchev–Trinajstić information content (AvgIpc) is 2.86. The molecule has 0 radical (unpaired) electrons. The molecular weight excluding hydrogens is 286 g/mol. The maximum Gasteiger partial charge on any atom is 0.254 e. The first-order valence-corrected chi connectivity index (χ1v) is 7.62. The van der Waals surface area contributed by atoms with E-state index in [1.807, 2.05) is 42.1 Å². The molecule has 1 unspecified atom stereocenters. The van der Waals surface area contributed by atoms with Crippen molar-refractivity contribution in [3.63, 3.8) is 0 Å². The molecule has 0 spiro atoms. The minimum absolute atomic E-state index is 0.0942. The van der Waals surface area contributed by atoms with Crippen LogP contribution in [0.1, 0.15) is 54.2 Å². The second-order valence-corrected chi connectivity index (χ2v) is 5.98. The van der Waals surface area contributed by atoms with Crippen LogP contribution in [0.5, 0.6) is 0 Å². The van der Waals surface area contributed by atoms with Gasteiger partial charge < -0.3 is 5.32 Å². The standard InChI is InChI=1S/C16H18ClN3O/c1-11(12-4-2-5-14(17)8-12)19-16(21)13-9-18-20(10-13)15-6-3-7-15/h2,4-5,8-11,15H,3,6-7H2,1H3,(H,19,21). The van der Waals surface area contributed by atoms with Gasteiger partial charge in [0.05, 0.1) is 23.8 Å². The zero-order valence-corrected chi connectivity index (χ0v) is 12.7. The first-order valence-electron chi connectivity index (χ1n) is 7.24. The normalized spacial score (nSPS) is 16.3. The van der Waals surface area contributed by atoms with Gasteiger partial charge in [0.1, 0.15) is 0 Å². The molecule has 1 heterocycles. The van der Waals surface area contributed by atoms with Gasteiger partial charge in [-0.3, -0.25) is 9.48 Å². The molecule has 0 saturated heterocycles. The summed E-state index contributed by atoms with van der Waals surface area (Å²) in [5, 5.41) is 7.94. The highest BCUT2D eigenvalue weighted by molar-refractivity contribution is 6.30. The number of nitrogens with one attached hydrogen (secondary N) is 1. The lowest BCUT2D eigenvalue weighted by Crippen LogP contribution is -2.26. The fourth-order valence-electron chi connectivity index (χ4n) is 2.45. The predicted molar refractivity (Wildman–Crippen MR) is 82.4 cm³/mol. The van der Waals surface area contributed by atoms with Crippen LogP contribution in [0.25, 0.3) is 0 Å². The first kappa shape index (κ1) is 14.1. The Bertz CT molecular complexity index is 648. The number of halogens is 1. The van der Waals surface area contributed by atoms with E-state index in [4.69, 9.17) is 11.6 Å². The highest BCUT2D eigenvalue weighted by atomic mass is 35.5. The van der Waals surface area contributed by atoms with Crippen LogP contribution in [0.3, 0.4) is 0 Å². The van der Waals surface area contributed by atoms with E-state index in [0.717, 1.165) is 18.4 Å². The zero-order chi connectivity index (χ0) is 14.8. The summed E-state index contributed by atoms with van der Waals surface area (Å²) < 4.78 is 1.91. The lowest BCUT2D eigenvalue weighted by atomic mass is 9.93. The Morgan fingerprint density at radius 1 is 1.48 bits per heavy atom. The molecule has 1 fully saturated rings. The maximum absolute atomic E-state index is 12.3. The zero-order valence-electron chi connectivity index (χ0n) is 11.9. The summed E-state index contributed by atoms with van der Waals surface area (Å²) >= 11 is 5.98. The Labute approximate surface area is 129 Å². The molecule has 0 aliphatic heterocycles. The van der Waals surface area contributed by atoms with Crippen molar-refractivity contribution in [2.45, 2.75) is 38.3 Å². The highest BCUT2D eigenvalue weighted by Crippen LogP contribution is 2.30. The van der Waals surface area contributed by atoms with Crippen molar-refractivity contribution in [3.05, 3.63) is 52.8 Å². The summed E-state index contributed by atoms with van der Waals surface area (Å²) in [5.74, 6) is -0.104. The maximum atomic E-state index is 12.3. The Hall–Kier alpha value is -1.81. The number of benzene rings is 1. The van der Waals surface area contributed by atoms with Crippen molar-refractivity contribution < 1.29 is 4.79 Å². The van der Waals surface area contributed by atoms with E-state index < -0.39 is 0 Å². The number of hydrogen-bond donors (Lipinski definition) is 1. The van der Waals surface area contributed by atoms with E-state index >= 15 is 0 Å². The van der Waals surface area contributed by atoms with Gasteiger partial charge in [0.25, 0.3) is 5.91 Å². The van der Waals surface area contributed by atoms with Crippen molar-refractivity contribution in [1.82, 2.24) is 15.1 Å². The topological polar surface area (TPSA) is 46.9 Å². The quantitative estimate of drug-likeness (QED) is 0.935. The Morgan fingerprint density at radius 3 is 2.95 bits per heavy atom. The van der Waals surface area contributed by atoms with Crippen LogP contribution >= 0.6 is 11.6 Å². The molecule has 2 aromatic rings. The molecule has 1 aliphatic rings. The average molecular weight is 304 g/mol. The predicted octanol–water partition coefficient (Wildman–Crippen LogP) is 3.75. The van der Waals surface area contributed by atoms with Crippen molar-refractivity contribution >= 4 is 17.5 Å². The molecule has 1 aromatic carbocycles. The van der Waals surface area contributed by atoms with Gasteiger partial charge in [0, 0.05) is 11.2 Å². The molecule has 3 rings (SSSR count). The molecule has 0 bridgehead atoms. The summed E-state index contributed by atoms with van der Waals surface area (Å²) in [6, 6.07) is 7.90. The number of carbonyl (C=O) groups is 1. The van der Waals surface area contributed by atoms with Gasteiger partial charge in [-0.1, -0.05) is 23.7 Å². The van der Waals surface area contributed by atoms with Gasteiger partial charge in [-0.2, -0.15) is 5.10 Å². The van der Waals surface area contributed by atoms with E-state index in [0.29, 0.717) is 16.6 Å². The molecule has 110 valence electrons. The third-order valence-corrected chi connectivity index (χ3v) is 4.24. The number of hydrogen-bond acceptors (Lipinski definition) is 2. The summed E-state index contributed by atoms with van der Waals surface area (Å²) in [5.41, 5.74) is 1.60. The molecule has 1 aliphatic carbocycles. The molecule has 1 saturated carbocycles. The number of amides is 1. The molecule has 4 nitrogen and oxygen atoms in total. The highest BCUT2D eigenvalue weighted by Gasteiger charge is 2.21. The molecule has 5 heteroatoms. The fraction of sp³-hybridized carbons (Fsp3) is 0.375. The Kier molecular flexibility index (Phi) is 3.97. The van der Waals surface area contributed by atoms with Gasteiger partial charge in [0.15, 0.2) is 0 Å². The number of carbonyl (C=O) groups excluding carboxylic acids is 1. The smallest absolute Gasteiger partial charge is 0.254 e. The molecule has 1 aromatic heterocycles. The molecule has 1 amide bonds. The van der Waals surface area contributed by atoms with E-state index in [1.165, 1.54) is 6.42 Å². The van der Waals surface area contributed by atoms with Crippen LogP contribution in [0.15, 0.2) is 36.7 Å². The monoisotopic (exact) mass is 303 g/mol. The molecule has 1 atom stereocenters. The molecule has 1 N–H and O–H groups in total. The van der Waals surface area contributed by atoms with Crippen LogP contribution in [0, 0.1) is 0 Å². The number of aromatic nitrogens is 2. The minimum atomic E-state index is -0.104. The van der Waals surface area contributed by atoms with Gasteiger partial charge >= 0.3 is 0 Å². The van der Waals surface area contributed by atoms with Crippen molar-refractivity contribution in [2.24, 2.45) is 0 Å². The Morgan fingerprint density at radius 2 is 2.29 bits per heavy atom. The van der Waals surface area contributed by atoms with Crippen molar-refractivity contribution in [2.75, 3.05) is 0 Å². The SMILES string of the molecule is CC(NC(=O)c1cnn(C2CCC2)c1)c1cccc(Cl)c1. The van der Waals surface area contributed by atoms with E-state index in [-0.39, 0.29) is 11.9 Å². The first-order chi connectivity index (χ1) is 10.1. The molecular formula is C16H18ClN3O. The summed E-state index contributed by atoms with van der Waals surface area (Å²) in [7, 11) is 0. The lowest BCUT2D eigenvalue weighted by molar-refractivity contribution is 0.0939. The van der Waals surface area contributed by atoms with Crippen molar-refractivity contribution in [1.29, 1.82) is 0 Å². The summed E-state index contributed by atoms with van der Waals surface area (Å²) in [4.78, 5) is 12.3. The summed E-state index contributed by atoms with van der Waals surface area (Å²) in [6.45, 7) is 1.94. The van der Waals surface area contributed by atoms with Crippen LogP contribution in [0.4, 0.5) is 0 Å². The third-order valence-electron chi connectivity index (χ3n) is 4.01.